The lowest BCUT2D eigenvalue weighted by Crippen LogP contribution is -2.55. The third-order valence-electron chi connectivity index (χ3n) is 10.6. The molecule has 0 atom stereocenters. The maximum Gasteiger partial charge on any atom is 0.335 e. The summed E-state index contributed by atoms with van der Waals surface area (Å²) >= 11 is 0. The lowest BCUT2D eigenvalue weighted by atomic mass is 9.88. The predicted octanol–water partition coefficient (Wildman–Crippen LogP) is 5.78. The number of hydrogen-bond donors (Lipinski definition) is 3. The largest absolute Gasteiger partial charge is 0.493 e. The van der Waals surface area contributed by atoms with Crippen LogP contribution in [0.25, 0.3) is 0 Å². The van der Waals surface area contributed by atoms with Gasteiger partial charge in [-0.25, -0.2) is 4.79 Å². The summed E-state index contributed by atoms with van der Waals surface area (Å²) in [6.45, 7) is 9.70. The van der Waals surface area contributed by atoms with E-state index in [1.54, 1.807) is 26.4 Å². The summed E-state index contributed by atoms with van der Waals surface area (Å²) in [4.78, 5) is 28.2. The number of aromatic carboxylic acids is 1. The maximum atomic E-state index is 12.8. The van der Waals surface area contributed by atoms with Gasteiger partial charge in [0.05, 0.1) is 47.2 Å². The number of amides is 1. The van der Waals surface area contributed by atoms with Crippen molar-refractivity contribution in [3.8, 4) is 34.5 Å². The second-order valence-corrected chi connectivity index (χ2v) is 14.5. The molecule has 1 amide bonds. The molecule has 0 spiro atoms. The first kappa shape index (κ1) is 52.3. The average molecular weight is 843 g/mol. The Morgan fingerprint density at radius 1 is 0.690 bits per heavy atom. The molecule has 0 bridgehead atoms. The van der Waals surface area contributed by atoms with Crippen LogP contribution in [0.5, 0.6) is 34.5 Å². The molecule has 0 saturated carbocycles. The van der Waals surface area contributed by atoms with Crippen molar-refractivity contribution in [3.63, 3.8) is 0 Å². The Bertz CT molecular complexity index is 1450. The number of nitrogens with zero attached hydrogens (tertiary/aromatic N) is 2. The van der Waals surface area contributed by atoms with E-state index >= 15 is 0 Å². The topological polar surface area (TPSA) is 173 Å². The Labute approximate surface area is 352 Å². The second-order valence-electron chi connectivity index (χ2n) is 14.5. The van der Waals surface area contributed by atoms with Crippen LogP contribution in [0.15, 0.2) is 24.3 Å². The maximum absolute atomic E-state index is 12.8. The van der Waals surface area contributed by atoms with Crippen molar-refractivity contribution in [1.82, 2.24) is 15.1 Å². The van der Waals surface area contributed by atoms with E-state index in [9.17, 15) is 9.59 Å². The van der Waals surface area contributed by atoms with Gasteiger partial charge in [-0.1, -0.05) is 26.7 Å². The number of benzene rings is 2. The quantitative estimate of drug-likeness (QED) is 0.145. The Morgan fingerprint density at radius 2 is 1.05 bits per heavy atom. The van der Waals surface area contributed by atoms with Crippen LogP contribution in [0.3, 0.4) is 0 Å². The molecule has 4 rings (SSSR count). The Hall–Kier alpha value is -3.73. The minimum Gasteiger partial charge on any atom is -0.493 e. The van der Waals surface area contributed by atoms with Crippen molar-refractivity contribution in [3.05, 3.63) is 35.4 Å². The zero-order valence-electron chi connectivity index (χ0n) is 36.5. The van der Waals surface area contributed by atoms with E-state index in [1.807, 2.05) is 14.1 Å². The predicted molar refractivity (Wildman–Crippen MR) is 228 cm³/mol. The summed E-state index contributed by atoms with van der Waals surface area (Å²) in [5.74, 6) is 1.49. The molecule has 2 aliphatic rings. The van der Waals surface area contributed by atoms with Crippen LogP contribution in [0.4, 0.5) is 0 Å². The van der Waals surface area contributed by atoms with Crippen molar-refractivity contribution >= 4 is 24.3 Å². The Kier molecular flexibility index (Phi) is 24.4. The van der Waals surface area contributed by atoms with E-state index in [0.717, 1.165) is 71.1 Å². The van der Waals surface area contributed by atoms with Gasteiger partial charge < -0.3 is 63.9 Å². The highest BCUT2D eigenvalue weighted by Gasteiger charge is 2.35. The second kappa shape index (κ2) is 27.1. The number of nitrogens with one attached hydrogen (secondary N) is 1. The molecule has 0 aromatic heterocycles. The molecule has 0 unspecified atom stereocenters. The minimum absolute atomic E-state index is 0. The number of ether oxygens (including phenoxy) is 8. The summed E-state index contributed by atoms with van der Waals surface area (Å²) in [5.41, 5.74) is 6.44. The molecule has 2 aromatic carbocycles. The normalized spacial score (nSPS) is 15.3. The summed E-state index contributed by atoms with van der Waals surface area (Å²) in [5, 5.41) is 12.1. The first-order chi connectivity index (χ1) is 27.3. The molecule has 58 heavy (non-hydrogen) atoms. The smallest absolute Gasteiger partial charge is 0.335 e. The number of likely N-dealkylation sites (N-methyl/N-ethyl adjacent to an activating group) is 2. The highest BCUT2D eigenvalue weighted by Crippen LogP contribution is 2.40. The highest BCUT2D eigenvalue weighted by atomic mass is 35.5. The SMILES string of the molecule is CCCCOc1c(OC)cc(C(=O)NCC2(N(C)C)CCOCC2)cc1OC.CCCCOc1c(OC)cc(C(=O)O)cc1OC.CN(C)C1(CN)CCOCC1.Cl. The molecule has 332 valence electrons. The number of carboxylic acids is 1. The Balaban J connectivity index is 0.000000479. The van der Waals surface area contributed by atoms with Crippen LogP contribution < -0.4 is 39.5 Å². The number of unbranched alkanes of at least 4 members (excludes halogenated alkanes) is 2. The molecule has 2 saturated heterocycles. The van der Waals surface area contributed by atoms with Crippen LogP contribution in [-0.2, 0) is 9.47 Å². The molecule has 2 fully saturated rings. The zero-order chi connectivity index (χ0) is 42.4. The number of rotatable bonds is 19. The van der Waals surface area contributed by atoms with Crippen LogP contribution >= 0.6 is 12.4 Å². The van der Waals surface area contributed by atoms with E-state index < -0.39 is 5.97 Å². The fourth-order valence-electron chi connectivity index (χ4n) is 6.40. The van der Waals surface area contributed by atoms with Crippen LogP contribution in [0.2, 0.25) is 0 Å². The monoisotopic (exact) mass is 842 g/mol. The van der Waals surface area contributed by atoms with Crippen molar-refractivity contribution in [2.75, 3.05) is 109 Å². The average Bonchev–Trinajstić information content (AvgIpc) is 3.23. The molecule has 2 heterocycles. The van der Waals surface area contributed by atoms with Crippen molar-refractivity contribution in [1.29, 1.82) is 0 Å². The standard InChI is InChI=1S/C21H34N2O5.C13H18O5.C8H18N2O.ClH/c1-6-7-10-28-19-17(25-4)13-16(14-18(19)26-5)20(24)22-15-21(23(2)3)8-11-27-12-9-21;1-4-5-6-18-12-10(16-2)7-9(13(14)15)8-11(12)17-3;1-10(2)8(7-9)3-5-11-6-4-8;/h13-14H,6-12,15H2,1-5H3,(H,22,24);7-8H,4-6H2,1-3H3,(H,14,15);3-7,9H2,1-2H3;1H. The van der Waals surface area contributed by atoms with Gasteiger partial charge in [-0.3, -0.25) is 4.79 Å². The number of methoxy groups -OCH3 is 4. The molecule has 0 radical (unpaired) electrons. The first-order valence-corrected chi connectivity index (χ1v) is 19.8. The van der Waals surface area contributed by atoms with Crippen LogP contribution in [-0.4, -0.2) is 147 Å². The van der Waals surface area contributed by atoms with E-state index in [0.29, 0.717) is 73.0 Å². The number of hydrogen-bond acceptors (Lipinski definition) is 13. The van der Waals surface area contributed by atoms with Gasteiger partial charge >= 0.3 is 5.97 Å². The molecule has 0 aliphatic carbocycles. The van der Waals surface area contributed by atoms with Gasteiger partial charge in [-0.15, -0.1) is 12.4 Å². The number of carboxylic acid groups (broad SMARTS) is 1. The fraction of sp³-hybridized carbons (Fsp3) is 0.667. The minimum atomic E-state index is -1.04. The molecule has 16 heteroatoms. The molecule has 2 aromatic rings. The fourth-order valence-corrected chi connectivity index (χ4v) is 6.40. The van der Waals surface area contributed by atoms with Gasteiger partial charge in [-0.05, 0) is 91.0 Å². The number of halogens is 1. The molecule has 2 aliphatic heterocycles. The highest BCUT2D eigenvalue weighted by molar-refractivity contribution is 5.95. The summed E-state index contributed by atoms with van der Waals surface area (Å²) in [7, 11) is 14.3. The van der Waals surface area contributed by atoms with Crippen molar-refractivity contribution < 1.29 is 52.6 Å². The summed E-state index contributed by atoms with van der Waals surface area (Å²) in [6, 6.07) is 6.25. The third kappa shape index (κ3) is 15.1. The summed E-state index contributed by atoms with van der Waals surface area (Å²) in [6.07, 6.45) is 7.79. The number of carbonyl (C=O) groups is 2. The summed E-state index contributed by atoms with van der Waals surface area (Å²) < 4.78 is 43.4. The third-order valence-corrected chi connectivity index (χ3v) is 10.6. The molecular formula is C42H71ClN4O11. The Morgan fingerprint density at radius 3 is 1.34 bits per heavy atom. The van der Waals surface area contributed by atoms with Gasteiger partial charge in [0.25, 0.3) is 5.91 Å². The van der Waals surface area contributed by atoms with Gasteiger partial charge in [0.15, 0.2) is 23.0 Å². The molecule has 4 N–H and O–H groups in total. The molecule has 15 nitrogen and oxygen atoms in total. The van der Waals surface area contributed by atoms with Crippen molar-refractivity contribution in [2.45, 2.75) is 76.3 Å². The lowest BCUT2D eigenvalue weighted by molar-refractivity contribution is -0.00658. The zero-order valence-corrected chi connectivity index (χ0v) is 37.3. The van der Waals surface area contributed by atoms with Gasteiger partial charge in [0, 0.05) is 56.2 Å². The first-order valence-electron chi connectivity index (χ1n) is 19.8. The molecular weight excluding hydrogens is 772 g/mol. The van der Waals surface area contributed by atoms with E-state index in [2.05, 4.69) is 43.1 Å². The number of carbonyl (C=O) groups excluding carboxylic acids is 1. The van der Waals surface area contributed by atoms with Crippen LogP contribution in [0.1, 0.15) is 85.9 Å². The van der Waals surface area contributed by atoms with E-state index in [-0.39, 0.29) is 35.0 Å². The van der Waals surface area contributed by atoms with Crippen molar-refractivity contribution in [2.24, 2.45) is 5.73 Å². The van der Waals surface area contributed by atoms with Crippen LogP contribution in [0, 0.1) is 0 Å². The van der Waals surface area contributed by atoms with E-state index in [4.69, 9.17) is 48.7 Å². The van der Waals surface area contributed by atoms with Gasteiger partial charge in [0.2, 0.25) is 11.5 Å². The van der Waals surface area contributed by atoms with Gasteiger partial charge in [-0.2, -0.15) is 0 Å². The van der Waals surface area contributed by atoms with Gasteiger partial charge in [0.1, 0.15) is 0 Å². The lowest BCUT2D eigenvalue weighted by Gasteiger charge is -2.42. The number of nitrogens with two attached hydrogens (primary N) is 1. The van der Waals surface area contributed by atoms with E-state index in [1.165, 1.54) is 26.4 Å².